The molecule has 5 aromatic rings. The van der Waals surface area contributed by atoms with Crippen molar-refractivity contribution in [1.82, 2.24) is 24.4 Å². The van der Waals surface area contributed by atoms with E-state index >= 15 is 4.39 Å². The Labute approximate surface area is 199 Å². The number of pyridine rings is 1. The summed E-state index contributed by atoms with van der Waals surface area (Å²) in [5.41, 5.74) is 4.91. The zero-order valence-electron chi connectivity index (χ0n) is 18.5. The Balaban J connectivity index is 1.61. The molecular weight excluding hydrogens is 485 g/mol. The van der Waals surface area contributed by atoms with Gasteiger partial charge in [0.05, 0.1) is 40.3 Å². The number of aromatic nitrogens is 5. The van der Waals surface area contributed by atoms with E-state index in [0.29, 0.717) is 28.4 Å². The minimum absolute atomic E-state index is 0.141. The average molecular weight is 501 g/mol. The molecule has 0 saturated carbocycles. The van der Waals surface area contributed by atoms with Crippen LogP contribution in [0, 0.1) is 11.6 Å². The van der Waals surface area contributed by atoms with Gasteiger partial charge in [0.25, 0.3) is 5.91 Å². The first-order valence-corrected chi connectivity index (χ1v) is 10.4. The van der Waals surface area contributed by atoms with Gasteiger partial charge in [-0.1, -0.05) is 6.07 Å². The van der Waals surface area contributed by atoms with Crippen molar-refractivity contribution < 1.29 is 26.7 Å². The number of imidazole rings is 1. The third-order valence-electron chi connectivity index (χ3n) is 5.73. The Morgan fingerprint density at radius 3 is 2.56 bits per heavy atom. The summed E-state index contributed by atoms with van der Waals surface area (Å²) in [5, 5.41) is 6.00. The van der Waals surface area contributed by atoms with Gasteiger partial charge in [0.2, 0.25) is 0 Å². The van der Waals surface area contributed by atoms with Gasteiger partial charge < -0.3 is 5.73 Å². The molecule has 0 aliphatic carbocycles. The molecule has 2 N–H and O–H groups in total. The predicted octanol–water partition coefficient (Wildman–Crippen LogP) is 4.18. The van der Waals surface area contributed by atoms with Crippen LogP contribution < -0.4 is 10.7 Å². The maximum Gasteiger partial charge on any atom is 0.416 e. The summed E-state index contributed by atoms with van der Waals surface area (Å²) in [7, 11) is 1.65. The molecule has 0 fully saturated rings. The predicted molar refractivity (Wildman–Crippen MR) is 120 cm³/mol. The van der Waals surface area contributed by atoms with Crippen LogP contribution >= 0.6 is 0 Å². The Bertz CT molecular complexity index is 1630. The molecule has 0 bridgehead atoms. The third kappa shape index (κ3) is 3.87. The number of nitrogens with two attached hydrogens (primary N) is 1. The monoisotopic (exact) mass is 501 g/mol. The van der Waals surface area contributed by atoms with Gasteiger partial charge in [0.1, 0.15) is 23.8 Å². The van der Waals surface area contributed by atoms with Crippen molar-refractivity contribution in [2.24, 2.45) is 7.05 Å². The topological polar surface area (TPSA) is 94.9 Å². The summed E-state index contributed by atoms with van der Waals surface area (Å²) >= 11 is 0. The van der Waals surface area contributed by atoms with Crippen LogP contribution in [0.15, 0.2) is 55.2 Å². The van der Waals surface area contributed by atoms with Crippen LogP contribution in [0.2, 0.25) is 0 Å². The number of fused-ring (bicyclic) bond motifs is 3. The fourth-order valence-electron chi connectivity index (χ4n) is 3.95. The van der Waals surface area contributed by atoms with Gasteiger partial charge in [0, 0.05) is 36.5 Å². The minimum atomic E-state index is -4.73. The van der Waals surface area contributed by atoms with Crippen LogP contribution in [0.3, 0.4) is 0 Å². The van der Waals surface area contributed by atoms with Crippen LogP contribution in [0.4, 0.5) is 27.8 Å². The number of benzene rings is 2. The van der Waals surface area contributed by atoms with Crippen molar-refractivity contribution in [2.45, 2.75) is 12.7 Å². The number of carbonyl (C=O) groups excluding carboxylic acids is 1. The number of hydrogen-bond acceptors (Lipinski definition) is 5. The van der Waals surface area contributed by atoms with Crippen molar-refractivity contribution in [2.75, 3.05) is 10.7 Å². The van der Waals surface area contributed by atoms with Crippen LogP contribution in [0.25, 0.3) is 21.8 Å². The van der Waals surface area contributed by atoms with Crippen LogP contribution in [0.1, 0.15) is 21.5 Å². The van der Waals surface area contributed by atoms with E-state index in [0.717, 1.165) is 17.1 Å². The highest BCUT2D eigenvalue weighted by molar-refractivity contribution is 6.11. The quantitative estimate of drug-likeness (QED) is 0.373. The molecule has 8 nitrogen and oxygen atoms in total. The summed E-state index contributed by atoms with van der Waals surface area (Å²) < 4.78 is 71.3. The van der Waals surface area contributed by atoms with E-state index in [1.54, 1.807) is 7.05 Å². The normalized spacial score (nSPS) is 11.9. The van der Waals surface area contributed by atoms with Gasteiger partial charge in [-0.25, -0.2) is 28.4 Å². The highest BCUT2D eigenvalue weighted by Gasteiger charge is 2.32. The first kappa shape index (κ1) is 23.2. The van der Waals surface area contributed by atoms with Gasteiger partial charge in [-0.05, 0) is 18.2 Å². The van der Waals surface area contributed by atoms with E-state index < -0.39 is 35.8 Å². The minimum Gasteiger partial charge on any atom is -0.383 e. The molecule has 0 aliphatic heterocycles. The summed E-state index contributed by atoms with van der Waals surface area (Å²) in [6, 6.07) is 4.32. The van der Waals surface area contributed by atoms with E-state index in [9.17, 15) is 22.4 Å². The second kappa shape index (κ2) is 8.29. The summed E-state index contributed by atoms with van der Waals surface area (Å²) in [6.07, 6.45) is 0.683. The number of aryl methyl sites for hydroxylation is 1. The zero-order chi connectivity index (χ0) is 25.8. The Hall–Kier alpha value is -4.55. The number of hydrogen-bond donors (Lipinski definition) is 1. The maximum atomic E-state index is 15.2. The van der Waals surface area contributed by atoms with Gasteiger partial charge in [-0.2, -0.15) is 18.3 Å². The smallest absolute Gasteiger partial charge is 0.383 e. The number of nitrogens with zero attached hydrogens (tertiary/aromatic N) is 6. The maximum absolute atomic E-state index is 15.2. The fourth-order valence-corrected chi connectivity index (χ4v) is 3.95. The molecule has 1 amide bonds. The molecule has 0 spiro atoms. The van der Waals surface area contributed by atoms with Crippen LogP contribution in [-0.4, -0.2) is 30.3 Å². The van der Waals surface area contributed by atoms with Crippen molar-refractivity contribution in [3.63, 3.8) is 0 Å². The molecule has 0 aliphatic rings. The second-order valence-electron chi connectivity index (χ2n) is 7.99. The number of rotatable bonds is 4. The lowest BCUT2D eigenvalue weighted by Crippen LogP contribution is -2.39. The molecule has 13 heteroatoms. The SMILES string of the molecule is Cn1ncc2c(N)nc3cc(F)c(C(=O)N(Cc4ccc(C(F)(F)F)cc4F)n4ccnc4)cc3c21. The highest BCUT2D eigenvalue weighted by atomic mass is 19.4. The van der Waals surface area contributed by atoms with E-state index in [4.69, 9.17) is 5.73 Å². The van der Waals surface area contributed by atoms with E-state index in [-0.39, 0.29) is 22.5 Å². The summed E-state index contributed by atoms with van der Waals surface area (Å²) in [5.74, 6) is -2.84. The Morgan fingerprint density at radius 1 is 1.11 bits per heavy atom. The lowest BCUT2D eigenvalue weighted by Gasteiger charge is -2.24. The van der Waals surface area contributed by atoms with Crippen molar-refractivity contribution in [3.05, 3.63) is 83.6 Å². The molecule has 3 heterocycles. The molecule has 0 atom stereocenters. The molecule has 3 aromatic heterocycles. The molecule has 36 heavy (non-hydrogen) atoms. The summed E-state index contributed by atoms with van der Waals surface area (Å²) in [6.45, 7) is -0.502. The van der Waals surface area contributed by atoms with Gasteiger partial charge in [-0.3, -0.25) is 9.48 Å². The number of nitrogen functional groups attached to an aromatic ring is 1. The number of halogens is 5. The van der Waals surface area contributed by atoms with E-state index in [1.165, 1.54) is 40.3 Å². The molecule has 0 unspecified atom stereocenters. The largest absolute Gasteiger partial charge is 0.416 e. The zero-order valence-corrected chi connectivity index (χ0v) is 18.5. The molecule has 2 aromatic carbocycles. The fraction of sp³-hybridized carbons (Fsp3) is 0.130. The molecular formula is C23H16F5N7O. The number of carbonyl (C=O) groups is 1. The first-order valence-electron chi connectivity index (χ1n) is 10.4. The molecule has 0 radical (unpaired) electrons. The third-order valence-corrected chi connectivity index (χ3v) is 5.73. The summed E-state index contributed by atoms with van der Waals surface area (Å²) in [4.78, 5) is 21.6. The van der Waals surface area contributed by atoms with Gasteiger partial charge in [0.15, 0.2) is 0 Å². The first-order chi connectivity index (χ1) is 17.0. The van der Waals surface area contributed by atoms with Crippen molar-refractivity contribution >= 4 is 33.5 Å². The lowest BCUT2D eigenvalue weighted by molar-refractivity contribution is -0.137. The van der Waals surface area contributed by atoms with Crippen molar-refractivity contribution in [3.8, 4) is 0 Å². The molecule has 5 rings (SSSR count). The number of alkyl halides is 3. The standard InChI is InChI=1S/C23H16F5N7O/c1-33-20-15-7-14(18(25)8-19(15)32-21(29)16(20)9-31-33)22(36)35(34-5-4-30-11-34)10-12-2-3-13(6-17(12)24)23(26,27)28/h2-9,11H,10H2,1H3,(H2,29,32). The number of anilines is 1. The molecule has 0 saturated heterocycles. The van der Waals surface area contributed by atoms with Gasteiger partial charge >= 0.3 is 6.18 Å². The molecule has 184 valence electrons. The highest BCUT2D eigenvalue weighted by Crippen LogP contribution is 2.32. The average Bonchev–Trinajstić information content (AvgIpc) is 3.48. The number of amides is 1. The van der Waals surface area contributed by atoms with Gasteiger partial charge in [-0.15, -0.1) is 0 Å². The second-order valence-corrected chi connectivity index (χ2v) is 7.99. The van der Waals surface area contributed by atoms with Crippen molar-refractivity contribution in [1.29, 1.82) is 0 Å². The van der Waals surface area contributed by atoms with E-state index in [1.807, 2.05) is 0 Å². The van der Waals surface area contributed by atoms with Crippen LogP contribution in [-0.2, 0) is 19.8 Å². The van der Waals surface area contributed by atoms with E-state index in [2.05, 4.69) is 15.1 Å². The Kier molecular flexibility index (Phi) is 5.34. The lowest BCUT2D eigenvalue weighted by atomic mass is 10.1. The Morgan fingerprint density at radius 2 is 1.89 bits per heavy atom. The van der Waals surface area contributed by atoms with Crippen LogP contribution in [0.5, 0.6) is 0 Å².